The lowest BCUT2D eigenvalue weighted by atomic mass is 10.2. The lowest BCUT2D eigenvalue weighted by molar-refractivity contribution is 0.616. The van der Waals surface area contributed by atoms with E-state index < -0.39 is 16.1 Å². The van der Waals surface area contributed by atoms with Gasteiger partial charge < -0.3 is 0 Å². The highest BCUT2D eigenvalue weighted by Gasteiger charge is 2.48. The van der Waals surface area contributed by atoms with Crippen LogP contribution in [-0.2, 0) is 0 Å². The summed E-state index contributed by atoms with van der Waals surface area (Å²) in [5.41, 5.74) is 2.13. The van der Waals surface area contributed by atoms with Crippen LogP contribution in [0.15, 0.2) is 30.3 Å². The van der Waals surface area contributed by atoms with Crippen LogP contribution in [0.2, 0.25) is 43.3 Å². The van der Waals surface area contributed by atoms with E-state index in [1.54, 1.807) is 5.19 Å². The van der Waals surface area contributed by atoms with Crippen LogP contribution < -0.4 is 5.19 Å². The van der Waals surface area contributed by atoms with Crippen molar-refractivity contribution in [3.05, 3.63) is 30.3 Å². The molecule has 17 heavy (non-hydrogen) atoms. The molecule has 1 aromatic rings. The van der Waals surface area contributed by atoms with Crippen LogP contribution in [0, 0.1) is 0 Å². The third kappa shape index (κ3) is 2.43. The van der Waals surface area contributed by atoms with Gasteiger partial charge in [-0.05, 0) is 11.1 Å². The highest BCUT2D eigenvalue weighted by molar-refractivity contribution is 6.92. The second-order valence-corrected chi connectivity index (χ2v) is 17.3. The van der Waals surface area contributed by atoms with E-state index in [1.165, 1.54) is 12.5 Å². The second-order valence-electron chi connectivity index (χ2n) is 7.11. The summed E-state index contributed by atoms with van der Waals surface area (Å²) in [5.74, 6) is 0. The van der Waals surface area contributed by atoms with Crippen molar-refractivity contribution in [3.63, 3.8) is 0 Å². The van der Waals surface area contributed by atoms with Crippen LogP contribution in [0.3, 0.4) is 0 Å². The minimum atomic E-state index is -1.20. The van der Waals surface area contributed by atoms with Crippen molar-refractivity contribution in [2.24, 2.45) is 0 Å². The van der Waals surface area contributed by atoms with Crippen LogP contribution in [0.4, 0.5) is 0 Å². The van der Waals surface area contributed by atoms with E-state index in [4.69, 9.17) is 0 Å². The number of benzene rings is 1. The summed E-state index contributed by atoms with van der Waals surface area (Å²) < 4.78 is 0. The van der Waals surface area contributed by atoms with E-state index >= 15 is 0 Å². The maximum absolute atomic E-state index is 2.60. The van der Waals surface area contributed by atoms with Gasteiger partial charge in [0.2, 0.25) is 0 Å². The molecule has 0 bridgehead atoms. The fourth-order valence-electron chi connectivity index (χ4n) is 3.25. The maximum Gasteiger partial charge on any atom is 0.0806 e. The van der Waals surface area contributed by atoms with E-state index in [0.717, 1.165) is 11.1 Å². The zero-order valence-electron chi connectivity index (χ0n) is 12.0. The normalized spacial score (nSPS) is 27.6. The molecule has 0 spiro atoms. The number of rotatable bonds is 3. The van der Waals surface area contributed by atoms with Crippen molar-refractivity contribution in [3.8, 4) is 0 Å². The standard InChI is InChI=1S/C15H26Si2/c1-13-11-15(17(13,4)5)12-16(2,3)14-9-7-6-8-10-14/h6-10,13,15H,11-12H2,1-5H3/t13-,15-/m0/s1. The Labute approximate surface area is 108 Å². The molecule has 1 fully saturated rings. The molecule has 0 nitrogen and oxygen atoms in total. The molecule has 94 valence electrons. The molecule has 1 aliphatic heterocycles. The average molecular weight is 263 g/mol. The third-order valence-electron chi connectivity index (χ3n) is 5.27. The summed E-state index contributed by atoms with van der Waals surface area (Å²) in [6.07, 6.45) is 1.50. The Morgan fingerprint density at radius 2 is 1.76 bits per heavy atom. The first-order valence-electron chi connectivity index (χ1n) is 6.89. The fraction of sp³-hybridized carbons (Fsp3) is 0.600. The SMILES string of the molecule is C[C@H]1C[C@@H](C[Si](C)(C)c2ccccc2)[Si]1(C)C. The lowest BCUT2D eigenvalue weighted by Gasteiger charge is -2.51. The Bertz CT molecular complexity index is 381. The first-order chi connectivity index (χ1) is 7.84. The smallest absolute Gasteiger partial charge is 0.0690 e. The molecule has 1 saturated heterocycles. The first kappa shape index (κ1) is 13.1. The van der Waals surface area contributed by atoms with Crippen molar-refractivity contribution in [1.82, 2.24) is 0 Å². The van der Waals surface area contributed by atoms with Crippen molar-refractivity contribution < 1.29 is 0 Å². The predicted octanol–water partition coefficient (Wildman–Crippen LogP) is 4.47. The first-order valence-corrected chi connectivity index (χ1v) is 13.3. The Morgan fingerprint density at radius 1 is 1.18 bits per heavy atom. The molecule has 1 aromatic carbocycles. The molecule has 0 aliphatic carbocycles. The summed E-state index contributed by atoms with van der Waals surface area (Å²) in [7, 11) is -2.09. The summed E-state index contributed by atoms with van der Waals surface area (Å²) in [6, 6.07) is 12.8. The lowest BCUT2D eigenvalue weighted by Crippen LogP contribution is -2.52. The number of hydrogen-bond donors (Lipinski definition) is 0. The van der Waals surface area contributed by atoms with Gasteiger partial charge >= 0.3 is 0 Å². The highest BCUT2D eigenvalue weighted by Crippen LogP contribution is 2.54. The van der Waals surface area contributed by atoms with Gasteiger partial charge in [0.05, 0.1) is 16.1 Å². The molecule has 0 aromatic heterocycles. The van der Waals surface area contributed by atoms with E-state index in [2.05, 4.69) is 63.4 Å². The largest absolute Gasteiger partial charge is 0.0806 e. The van der Waals surface area contributed by atoms with Gasteiger partial charge in [-0.2, -0.15) is 0 Å². The van der Waals surface area contributed by atoms with Gasteiger partial charge in [0.1, 0.15) is 0 Å². The van der Waals surface area contributed by atoms with Crippen LogP contribution in [0.1, 0.15) is 13.3 Å². The van der Waals surface area contributed by atoms with Crippen molar-refractivity contribution in [1.29, 1.82) is 0 Å². The van der Waals surface area contributed by atoms with Gasteiger partial charge in [-0.3, -0.25) is 0 Å². The summed E-state index contributed by atoms with van der Waals surface area (Å²) in [4.78, 5) is 0. The predicted molar refractivity (Wildman–Crippen MR) is 83.6 cm³/mol. The quantitative estimate of drug-likeness (QED) is 0.705. The minimum Gasteiger partial charge on any atom is -0.0690 e. The summed E-state index contributed by atoms with van der Waals surface area (Å²) >= 11 is 0. The molecule has 2 rings (SSSR count). The third-order valence-corrected chi connectivity index (χ3v) is 14.4. The molecule has 2 heteroatoms. The maximum atomic E-state index is 2.60. The van der Waals surface area contributed by atoms with Crippen LogP contribution >= 0.6 is 0 Å². The van der Waals surface area contributed by atoms with Gasteiger partial charge in [-0.1, -0.05) is 81.1 Å². The molecule has 1 heterocycles. The Balaban J connectivity index is 2.09. The van der Waals surface area contributed by atoms with Crippen LogP contribution in [-0.4, -0.2) is 16.1 Å². The minimum absolute atomic E-state index is 0.891. The molecular weight excluding hydrogens is 236 g/mol. The second kappa shape index (κ2) is 4.40. The van der Waals surface area contributed by atoms with Crippen molar-refractivity contribution >= 4 is 21.3 Å². The Kier molecular flexibility index (Phi) is 3.39. The van der Waals surface area contributed by atoms with Gasteiger partial charge in [0, 0.05) is 0 Å². The summed E-state index contributed by atoms with van der Waals surface area (Å²) in [6.45, 7) is 12.8. The molecule has 0 N–H and O–H groups in total. The molecule has 0 saturated carbocycles. The Hall–Kier alpha value is -0.346. The molecule has 0 radical (unpaired) electrons. The zero-order valence-corrected chi connectivity index (χ0v) is 14.0. The monoisotopic (exact) mass is 262 g/mol. The highest BCUT2D eigenvalue weighted by atomic mass is 28.3. The van der Waals surface area contributed by atoms with E-state index in [-0.39, 0.29) is 0 Å². The van der Waals surface area contributed by atoms with Gasteiger partial charge in [-0.25, -0.2) is 0 Å². The van der Waals surface area contributed by atoms with Gasteiger partial charge in [0.25, 0.3) is 0 Å². The zero-order chi connectivity index (χ0) is 12.7. The Morgan fingerprint density at radius 3 is 2.24 bits per heavy atom. The van der Waals surface area contributed by atoms with Crippen molar-refractivity contribution in [2.75, 3.05) is 0 Å². The fourth-order valence-corrected chi connectivity index (χ4v) is 11.8. The van der Waals surface area contributed by atoms with Crippen LogP contribution in [0.5, 0.6) is 0 Å². The van der Waals surface area contributed by atoms with Crippen LogP contribution in [0.25, 0.3) is 0 Å². The molecule has 1 aliphatic rings. The van der Waals surface area contributed by atoms with Gasteiger partial charge in [-0.15, -0.1) is 0 Å². The average Bonchev–Trinajstić information content (AvgIpc) is 2.30. The molecule has 0 unspecified atom stereocenters. The molecule has 0 amide bonds. The van der Waals surface area contributed by atoms with E-state index in [9.17, 15) is 0 Å². The topological polar surface area (TPSA) is 0 Å². The number of hydrogen-bond acceptors (Lipinski definition) is 0. The van der Waals surface area contributed by atoms with E-state index in [1.807, 2.05) is 0 Å². The summed E-state index contributed by atoms with van der Waals surface area (Å²) in [5, 5.41) is 1.64. The molecular formula is C15H26Si2. The van der Waals surface area contributed by atoms with Crippen molar-refractivity contribution in [2.45, 2.75) is 56.7 Å². The van der Waals surface area contributed by atoms with E-state index in [0.29, 0.717) is 0 Å². The molecule has 2 atom stereocenters. The van der Waals surface area contributed by atoms with Gasteiger partial charge in [0.15, 0.2) is 0 Å².